The van der Waals surface area contributed by atoms with Crippen molar-refractivity contribution >= 4 is 17.6 Å². The lowest BCUT2D eigenvalue weighted by Gasteiger charge is -2.30. The van der Waals surface area contributed by atoms with Crippen LogP contribution in [0.25, 0.3) is 0 Å². The molecule has 7 heteroatoms. The molecule has 0 unspecified atom stereocenters. The first-order chi connectivity index (χ1) is 11.2. The number of rotatable bonds is 6. The molecule has 1 aromatic rings. The van der Waals surface area contributed by atoms with Crippen LogP contribution in [-0.4, -0.2) is 41.9 Å². The standard InChI is InChI=1S/C17H24N2O5/c1-10(2)7-13(18-15(21)12-5-6-23-8-12)16(22)19-17(4)11(3)24-9-14(17)20/h5-6,8,10-11,13H,7,9H2,1-4H3,(H,18,21)(H,19,22)/t11-,13+,17-/m1/s1. The van der Waals surface area contributed by atoms with Crippen LogP contribution in [-0.2, 0) is 14.3 Å². The first-order valence-corrected chi connectivity index (χ1v) is 8.04. The summed E-state index contributed by atoms with van der Waals surface area (Å²) < 4.78 is 10.2. The zero-order chi connectivity index (χ0) is 17.9. The van der Waals surface area contributed by atoms with Gasteiger partial charge in [-0.1, -0.05) is 13.8 Å². The van der Waals surface area contributed by atoms with Crippen molar-refractivity contribution in [2.75, 3.05) is 6.61 Å². The second-order valence-electron chi connectivity index (χ2n) is 6.74. The predicted molar refractivity (Wildman–Crippen MR) is 86.4 cm³/mol. The van der Waals surface area contributed by atoms with Gasteiger partial charge in [0.15, 0.2) is 5.78 Å². The number of furan rings is 1. The van der Waals surface area contributed by atoms with Crippen LogP contribution in [0.2, 0.25) is 0 Å². The molecule has 1 fully saturated rings. The van der Waals surface area contributed by atoms with E-state index < -0.39 is 29.5 Å². The van der Waals surface area contributed by atoms with Gasteiger partial charge in [-0.3, -0.25) is 14.4 Å². The molecule has 0 aromatic carbocycles. The van der Waals surface area contributed by atoms with E-state index in [0.717, 1.165) is 0 Å². The van der Waals surface area contributed by atoms with E-state index in [1.165, 1.54) is 18.6 Å². The highest BCUT2D eigenvalue weighted by Gasteiger charge is 2.47. The van der Waals surface area contributed by atoms with Gasteiger partial charge >= 0.3 is 0 Å². The highest BCUT2D eigenvalue weighted by atomic mass is 16.5. The first-order valence-electron chi connectivity index (χ1n) is 8.04. The molecule has 1 aliphatic rings. The average molecular weight is 336 g/mol. The predicted octanol–water partition coefficient (Wildman–Crippen LogP) is 1.29. The summed E-state index contributed by atoms with van der Waals surface area (Å²) in [6, 6.07) is 0.780. The number of ketones is 1. The van der Waals surface area contributed by atoms with Crippen molar-refractivity contribution in [1.82, 2.24) is 10.6 Å². The Bertz CT molecular complexity index is 611. The molecule has 2 rings (SSSR count). The monoisotopic (exact) mass is 336 g/mol. The van der Waals surface area contributed by atoms with Gasteiger partial charge in [-0.15, -0.1) is 0 Å². The van der Waals surface area contributed by atoms with Crippen molar-refractivity contribution < 1.29 is 23.5 Å². The molecule has 2 N–H and O–H groups in total. The molecule has 3 atom stereocenters. The van der Waals surface area contributed by atoms with Crippen LogP contribution < -0.4 is 10.6 Å². The lowest BCUT2D eigenvalue weighted by molar-refractivity contribution is -0.130. The maximum absolute atomic E-state index is 12.7. The number of ether oxygens (including phenoxy) is 1. The number of hydrogen-bond donors (Lipinski definition) is 2. The van der Waals surface area contributed by atoms with Crippen LogP contribution in [0.4, 0.5) is 0 Å². The van der Waals surface area contributed by atoms with E-state index in [1.54, 1.807) is 13.8 Å². The Kier molecular flexibility index (Phi) is 5.43. The second kappa shape index (κ2) is 7.17. The maximum Gasteiger partial charge on any atom is 0.255 e. The molecule has 0 aliphatic carbocycles. The summed E-state index contributed by atoms with van der Waals surface area (Å²) in [7, 11) is 0. The largest absolute Gasteiger partial charge is 0.472 e. The lowest BCUT2D eigenvalue weighted by Crippen LogP contribution is -2.60. The summed E-state index contributed by atoms with van der Waals surface area (Å²) in [4.78, 5) is 36.9. The Hall–Kier alpha value is -2.15. The minimum Gasteiger partial charge on any atom is -0.472 e. The number of carbonyl (C=O) groups excluding carboxylic acids is 3. The van der Waals surface area contributed by atoms with E-state index in [0.29, 0.717) is 12.0 Å². The molecular weight excluding hydrogens is 312 g/mol. The maximum atomic E-state index is 12.7. The molecule has 2 heterocycles. The molecule has 1 aliphatic heterocycles. The Morgan fingerprint density at radius 2 is 2.12 bits per heavy atom. The van der Waals surface area contributed by atoms with Crippen molar-refractivity contribution in [1.29, 1.82) is 0 Å². The van der Waals surface area contributed by atoms with Gasteiger partial charge in [0.25, 0.3) is 5.91 Å². The van der Waals surface area contributed by atoms with Gasteiger partial charge in [-0.25, -0.2) is 0 Å². The van der Waals surface area contributed by atoms with Gasteiger partial charge in [-0.2, -0.15) is 0 Å². The van der Waals surface area contributed by atoms with E-state index >= 15 is 0 Å². The number of carbonyl (C=O) groups is 3. The van der Waals surface area contributed by atoms with E-state index in [-0.39, 0.29) is 18.3 Å². The zero-order valence-corrected chi connectivity index (χ0v) is 14.4. The van der Waals surface area contributed by atoms with Crippen LogP contribution in [0.1, 0.15) is 44.5 Å². The van der Waals surface area contributed by atoms with Crippen molar-refractivity contribution in [3.63, 3.8) is 0 Å². The van der Waals surface area contributed by atoms with Gasteiger partial charge in [-0.05, 0) is 32.3 Å². The number of amides is 2. The minimum atomic E-state index is -1.08. The van der Waals surface area contributed by atoms with E-state index in [4.69, 9.17) is 9.15 Å². The molecule has 0 radical (unpaired) electrons. The molecule has 1 aromatic heterocycles. The summed E-state index contributed by atoms with van der Waals surface area (Å²) in [6.45, 7) is 7.28. The number of Topliss-reactive ketones (excluding diaryl/α,β-unsaturated/α-hetero) is 1. The molecule has 7 nitrogen and oxygen atoms in total. The minimum absolute atomic E-state index is 0.0197. The van der Waals surface area contributed by atoms with E-state index in [1.807, 2.05) is 13.8 Å². The molecular formula is C17H24N2O5. The Morgan fingerprint density at radius 1 is 1.42 bits per heavy atom. The van der Waals surface area contributed by atoms with Crippen molar-refractivity contribution in [2.45, 2.75) is 51.8 Å². The fourth-order valence-electron chi connectivity index (χ4n) is 2.60. The van der Waals surface area contributed by atoms with Gasteiger partial charge in [0.2, 0.25) is 5.91 Å². The van der Waals surface area contributed by atoms with E-state index in [9.17, 15) is 14.4 Å². The Balaban J connectivity index is 2.10. The van der Waals surface area contributed by atoms with Crippen LogP contribution in [0.3, 0.4) is 0 Å². The van der Waals surface area contributed by atoms with Crippen molar-refractivity contribution in [3.8, 4) is 0 Å². The second-order valence-corrected chi connectivity index (χ2v) is 6.74. The fraction of sp³-hybridized carbons (Fsp3) is 0.588. The highest BCUT2D eigenvalue weighted by molar-refractivity contribution is 6.00. The third-order valence-electron chi connectivity index (χ3n) is 4.35. The van der Waals surface area contributed by atoms with Crippen LogP contribution >= 0.6 is 0 Å². The van der Waals surface area contributed by atoms with E-state index in [2.05, 4.69) is 10.6 Å². The first kappa shape index (κ1) is 18.2. The zero-order valence-electron chi connectivity index (χ0n) is 14.4. The Labute approximate surface area is 141 Å². The molecule has 132 valence electrons. The topological polar surface area (TPSA) is 97.6 Å². The number of nitrogens with one attached hydrogen (secondary N) is 2. The van der Waals surface area contributed by atoms with Gasteiger partial charge in [0, 0.05) is 0 Å². The highest BCUT2D eigenvalue weighted by Crippen LogP contribution is 2.22. The van der Waals surface area contributed by atoms with Crippen LogP contribution in [0, 0.1) is 5.92 Å². The molecule has 24 heavy (non-hydrogen) atoms. The Morgan fingerprint density at radius 3 is 2.62 bits per heavy atom. The molecule has 0 spiro atoms. The van der Waals surface area contributed by atoms with Crippen molar-refractivity contribution in [3.05, 3.63) is 24.2 Å². The lowest BCUT2D eigenvalue weighted by atomic mass is 9.92. The summed E-state index contributed by atoms with van der Waals surface area (Å²) in [6.07, 6.45) is 2.74. The number of hydrogen-bond acceptors (Lipinski definition) is 5. The molecule has 2 amide bonds. The molecule has 1 saturated heterocycles. The SMILES string of the molecule is CC(C)C[C@H](NC(=O)c1ccoc1)C(=O)N[C@@]1(C)C(=O)CO[C@@H]1C. The third kappa shape index (κ3) is 3.84. The molecule has 0 saturated carbocycles. The third-order valence-corrected chi connectivity index (χ3v) is 4.35. The fourth-order valence-corrected chi connectivity index (χ4v) is 2.60. The summed E-state index contributed by atoms with van der Waals surface area (Å²) >= 11 is 0. The molecule has 0 bridgehead atoms. The van der Waals surface area contributed by atoms with Gasteiger partial charge < -0.3 is 19.8 Å². The normalized spacial score (nSPS) is 24.9. The van der Waals surface area contributed by atoms with Crippen LogP contribution in [0.5, 0.6) is 0 Å². The summed E-state index contributed by atoms with van der Waals surface area (Å²) in [5.74, 6) is -0.774. The van der Waals surface area contributed by atoms with Gasteiger partial charge in [0.05, 0.1) is 17.9 Å². The van der Waals surface area contributed by atoms with Gasteiger partial charge in [0.1, 0.15) is 24.5 Å². The smallest absolute Gasteiger partial charge is 0.255 e. The summed E-state index contributed by atoms with van der Waals surface area (Å²) in [5, 5.41) is 5.47. The average Bonchev–Trinajstić information content (AvgIpc) is 3.11. The van der Waals surface area contributed by atoms with Crippen molar-refractivity contribution in [2.24, 2.45) is 5.92 Å². The quantitative estimate of drug-likeness (QED) is 0.816. The summed E-state index contributed by atoms with van der Waals surface area (Å²) in [5.41, 5.74) is -0.733. The van der Waals surface area contributed by atoms with Crippen LogP contribution in [0.15, 0.2) is 23.0 Å².